The zero-order chi connectivity index (χ0) is 34.1. The van der Waals surface area contributed by atoms with Crippen molar-refractivity contribution in [2.45, 2.75) is 0 Å². The van der Waals surface area contributed by atoms with E-state index in [1.807, 2.05) is 47.0 Å². The zero-order valence-electron chi connectivity index (χ0n) is 27.0. The van der Waals surface area contributed by atoms with E-state index in [1.54, 1.807) is 12.1 Å². The highest BCUT2D eigenvalue weighted by molar-refractivity contribution is 7.19. The molecule has 1 heterocycles. The van der Waals surface area contributed by atoms with Crippen molar-refractivity contribution in [2.75, 3.05) is 0 Å². The summed E-state index contributed by atoms with van der Waals surface area (Å²) >= 11 is 0. The van der Waals surface area contributed by atoms with Crippen molar-refractivity contribution in [3.05, 3.63) is 187 Å². The molecule has 0 aliphatic heterocycles. The van der Waals surface area contributed by atoms with Gasteiger partial charge in [0.2, 0.25) is 0 Å². The molecule has 0 aliphatic rings. The molecular weight excluding hydrogens is 625 g/mol. The second kappa shape index (κ2) is 12.6. The molecule has 0 saturated carbocycles. The van der Waals surface area contributed by atoms with E-state index in [0.29, 0.717) is 27.9 Å². The van der Waals surface area contributed by atoms with Gasteiger partial charge in [0.05, 0.1) is 45.5 Å². The predicted octanol–water partition coefficient (Wildman–Crippen LogP) is 7.44. The number of hydrogen-bond acceptors (Lipinski definition) is 3. The third kappa shape index (κ3) is 4.80. The molecule has 0 aliphatic carbocycles. The highest BCUT2D eigenvalue weighted by atomic mass is 28.3. The molecule has 1 aromatic heterocycles. The van der Waals surface area contributed by atoms with Gasteiger partial charge in [0.1, 0.15) is 6.07 Å². The van der Waals surface area contributed by atoms with Gasteiger partial charge in [-0.05, 0) is 62.7 Å². The van der Waals surface area contributed by atoms with Crippen LogP contribution in [0.5, 0.6) is 0 Å². The van der Waals surface area contributed by atoms with Crippen molar-refractivity contribution in [1.29, 1.82) is 15.8 Å². The van der Waals surface area contributed by atoms with Gasteiger partial charge in [-0.3, -0.25) is 0 Å². The van der Waals surface area contributed by atoms with E-state index in [0.717, 1.165) is 27.4 Å². The molecule has 8 aromatic rings. The SMILES string of the molecule is N#Cc1cc(-c2ccc([Si](c3ccccc3)(c3ccccc3)c3ccccc3)cc2)c(C#N)c(-n2c3ccccc3c3cc(C#N)ccc32)c1. The minimum atomic E-state index is -2.73. The Balaban J connectivity index is 1.36. The number of nitriles is 3. The van der Waals surface area contributed by atoms with Gasteiger partial charge in [0.15, 0.2) is 8.07 Å². The third-order valence-corrected chi connectivity index (χ3v) is 14.4. The van der Waals surface area contributed by atoms with Crippen molar-refractivity contribution in [3.63, 3.8) is 0 Å². The molecule has 7 aromatic carbocycles. The van der Waals surface area contributed by atoms with Crippen LogP contribution in [0.4, 0.5) is 0 Å². The van der Waals surface area contributed by atoms with E-state index in [1.165, 1.54) is 20.7 Å². The van der Waals surface area contributed by atoms with Crippen LogP contribution < -0.4 is 20.7 Å². The summed E-state index contributed by atoms with van der Waals surface area (Å²) in [6, 6.07) is 65.2. The van der Waals surface area contributed by atoms with Gasteiger partial charge < -0.3 is 4.57 Å². The van der Waals surface area contributed by atoms with Crippen LogP contribution in [0.25, 0.3) is 38.6 Å². The van der Waals surface area contributed by atoms with Crippen LogP contribution in [0.15, 0.2) is 170 Å². The van der Waals surface area contributed by atoms with E-state index in [4.69, 9.17) is 0 Å². The summed E-state index contributed by atoms with van der Waals surface area (Å²) < 4.78 is 2.04. The summed E-state index contributed by atoms with van der Waals surface area (Å²) in [6.07, 6.45) is 0. The molecule has 0 fully saturated rings. The lowest BCUT2D eigenvalue weighted by atomic mass is 9.96. The molecule has 0 amide bonds. The molecule has 50 heavy (non-hydrogen) atoms. The van der Waals surface area contributed by atoms with Crippen LogP contribution in [-0.4, -0.2) is 12.6 Å². The number of benzene rings is 7. The lowest BCUT2D eigenvalue weighted by Crippen LogP contribution is -2.74. The van der Waals surface area contributed by atoms with Gasteiger partial charge in [0.25, 0.3) is 0 Å². The monoisotopic (exact) mass is 652 g/mol. The van der Waals surface area contributed by atoms with Gasteiger partial charge in [0, 0.05) is 16.3 Å². The molecule has 0 N–H and O–H groups in total. The maximum absolute atomic E-state index is 10.8. The molecular formula is C45H28N4Si. The Kier molecular flexibility index (Phi) is 7.63. The van der Waals surface area contributed by atoms with E-state index in [-0.39, 0.29) is 0 Å². The molecule has 0 spiro atoms. The zero-order valence-corrected chi connectivity index (χ0v) is 28.0. The first-order valence-corrected chi connectivity index (χ1v) is 18.4. The molecule has 0 radical (unpaired) electrons. The molecule has 232 valence electrons. The van der Waals surface area contributed by atoms with Gasteiger partial charge in [-0.1, -0.05) is 133 Å². The van der Waals surface area contributed by atoms with E-state index >= 15 is 0 Å². The molecule has 0 bridgehead atoms. The molecule has 0 atom stereocenters. The second-order valence-electron chi connectivity index (χ2n) is 12.3. The van der Waals surface area contributed by atoms with Crippen molar-refractivity contribution in [2.24, 2.45) is 0 Å². The smallest absolute Gasteiger partial charge is 0.179 e. The van der Waals surface area contributed by atoms with Crippen LogP contribution in [0.3, 0.4) is 0 Å². The summed E-state index contributed by atoms with van der Waals surface area (Å²) in [5.41, 5.74) is 5.43. The Bertz CT molecular complexity index is 2560. The van der Waals surface area contributed by atoms with Crippen molar-refractivity contribution < 1.29 is 0 Å². The van der Waals surface area contributed by atoms with Crippen LogP contribution in [0.2, 0.25) is 0 Å². The van der Waals surface area contributed by atoms with Crippen molar-refractivity contribution >= 4 is 50.6 Å². The van der Waals surface area contributed by atoms with E-state index in [9.17, 15) is 15.8 Å². The fourth-order valence-corrected chi connectivity index (χ4v) is 12.2. The Morgan fingerprint density at radius 1 is 0.420 bits per heavy atom. The first-order chi connectivity index (χ1) is 24.7. The minimum absolute atomic E-state index is 0.458. The Hall–Kier alpha value is -6.97. The third-order valence-electron chi connectivity index (χ3n) is 9.65. The van der Waals surface area contributed by atoms with Crippen molar-refractivity contribution in [3.8, 4) is 35.0 Å². The number of para-hydroxylation sites is 1. The lowest BCUT2D eigenvalue weighted by Gasteiger charge is -2.34. The highest BCUT2D eigenvalue weighted by Crippen LogP contribution is 2.37. The number of nitrogens with zero attached hydrogens (tertiary/aromatic N) is 4. The Labute approximate surface area is 291 Å². The first-order valence-electron chi connectivity index (χ1n) is 16.4. The quantitative estimate of drug-likeness (QED) is 0.138. The number of aromatic nitrogens is 1. The van der Waals surface area contributed by atoms with Crippen LogP contribution in [0, 0.1) is 34.0 Å². The summed E-state index contributed by atoms with van der Waals surface area (Å²) in [6.45, 7) is 0. The van der Waals surface area contributed by atoms with Crippen LogP contribution >= 0.6 is 0 Å². The fourth-order valence-electron chi connectivity index (χ4n) is 7.48. The van der Waals surface area contributed by atoms with Crippen LogP contribution in [-0.2, 0) is 0 Å². The summed E-state index contributed by atoms with van der Waals surface area (Å²) in [4.78, 5) is 0. The fraction of sp³-hybridized carbons (Fsp3) is 0. The van der Waals surface area contributed by atoms with Gasteiger partial charge in [-0.15, -0.1) is 0 Å². The van der Waals surface area contributed by atoms with Gasteiger partial charge in [-0.2, -0.15) is 15.8 Å². The van der Waals surface area contributed by atoms with Crippen molar-refractivity contribution in [1.82, 2.24) is 4.57 Å². The molecule has 5 heteroatoms. The minimum Gasteiger partial charge on any atom is -0.308 e. The average molecular weight is 653 g/mol. The normalized spacial score (nSPS) is 11.1. The first kappa shape index (κ1) is 30.4. The van der Waals surface area contributed by atoms with Gasteiger partial charge in [-0.25, -0.2) is 0 Å². The highest BCUT2D eigenvalue weighted by Gasteiger charge is 2.41. The largest absolute Gasteiger partial charge is 0.308 e. The predicted molar refractivity (Wildman–Crippen MR) is 204 cm³/mol. The number of rotatable bonds is 6. The van der Waals surface area contributed by atoms with E-state index < -0.39 is 8.07 Å². The maximum atomic E-state index is 10.8. The molecule has 0 unspecified atom stereocenters. The topological polar surface area (TPSA) is 76.3 Å². The average Bonchev–Trinajstić information content (AvgIpc) is 3.52. The molecule has 8 rings (SSSR count). The second-order valence-corrected chi connectivity index (χ2v) is 16.1. The number of hydrogen-bond donors (Lipinski definition) is 0. The number of fused-ring (bicyclic) bond motifs is 3. The van der Waals surface area contributed by atoms with Gasteiger partial charge >= 0.3 is 0 Å². The van der Waals surface area contributed by atoms with Crippen LogP contribution in [0.1, 0.15) is 16.7 Å². The Morgan fingerprint density at radius 2 is 0.940 bits per heavy atom. The van der Waals surface area contributed by atoms with E-state index in [2.05, 4.69) is 133 Å². The summed E-state index contributed by atoms with van der Waals surface area (Å²) in [5, 5.41) is 37.6. The maximum Gasteiger partial charge on any atom is 0.179 e. The summed E-state index contributed by atoms with van der Waals surface area (Å²) in [5.74, 6) is 0. The lowest BCUT2D eigenvalue weighted by molar-refractivity contribution is 1.16. The summed E-state index contributed by atoms with van der Waals surface area (Å²) in [7, 11) is -2.73. The molecule has 0 saturated heterocycles. The molecule has 4 nitrogen and oxygen atoms in total. The standard InChI is InChI=1S/C45H28N4Si/c46-29-32-20-25-44-41(26-32)39-18-10-11-19-43(39)49(44)45-28-33(30-47)27-40(42(45)31-48)34-21-23-38(24-22-34)50(35-12-4-1-5-13-35,36-14-6-2-7-15-36)37-16-8-3-9-17-37/h1-28H. The Morgan fingerprint density at radius 3 is 1.50 bits per heavy atom.